The third-order valence-corrected chi connectivity index (χ3v) is 5.66. The average molecular weight is 415 g/mol. The molecule has 1 atom stereocenters. The number of aryl methyl sites for hydroxylation is 1. The van der Waals surface area contributed by atoms with E-state index in [1.165, 1.54) is 12.1 Å². The highest BCUT2D eigenvalue weighted by molar-refractivity contribution is 5.73. The average Bonchev–Trinajstić information content (AvgIpc) is 3.17. The van der Waals surface area contributed by atoms with Crippen molar-refractivity contribution in [3.8, 4) is 28.1 Å². The van der Waals surface area contributed by atoms with Gasteiger partial charge in [-0.1, -0.05) is 12.1 Å². The fourth-order valence-corrected chi connectivity index (χ4v) is 4.18. The summed E-state index contributed by atoms with van der Waals surface area (Å²) >= 11 is 0. The maximum atomic E-state index is 14.2. The number of pyridine rings is 2. The predicted molar refractivity (Wildman–Crippen MR) is 117 cm³/mol. The molecule has 4 heterocycles. The zero-order valence-corrected chi connectivity index (χ0v) is 17.3. The van der Waals surface area contributed by atoms with Crippen molar-refractivity contribution in [3.63, 3.8) is 0 Å². The minimum Gasteiger partial charge on any atom is -0.482 e. The maximum absolute atomic E-state index is 14.2. The van der Waals surface area contributed by atoms with Crippen LogP contribution in [0.3, 0.4) is 0 Å². The van der Waals surface area contributed by atoms with Gasteiger partial charge in [0.15, 0.2) is 11.6 Å². The number of nitrogens with two attached hydrogens (primary N) is 1. The van der Waals surface area contributed by atoms with Crippen molar-refractivity contribution in [2.75, 3.05) is 5.73 Å². The molecule has 156 valence electrons. The lowest BCUT2D eigenvalue weighted by molar-refractivity contribution is 0.228. The van der Waals surface area contributed by atoms with Gasteiger partial charge in [0, 0.05) is 47.6 Å². The zero-order valence-electron chi connectivity index (χ0n) is 17.3. The highest BCUT2D eigenvalue weighted by atomic mass is 19.1. The molecule has 1 aliphatic heterocycles. The molecule has 5 rings (SSSR count). The summed E-state index contributed by atoms with van der Waals surface area (Å²) in [6.07, 6.45) is 5.51. The van der Waals surface area contributed by atoms with E-state index in [2.05, 4.69) is 15.1 Å². The minimum absolute atomic E-state index is 0.289. The van der Waals surface area contributed by atoms with E-state index in [4.69, 9.17) is 10.5 Å². The second-order valence-electron chi connectivity index (χ2n) is 7.61. The number of aromatic nitrogens is 4. The quantitative estimate of drug-likeness (QED) is 0.483. The third kappa shape index (κ3) is 3.32. The van der Waals surface area contributed by atoms with Gasteiger partial charge in [-0.3, -0.25) is 9.67 Å². The van der Waals surface area contributed by atoms with E-state index in [0.29, 0.717) is 18.7 Å². The molecule has 0 amide bonds. The molecular weight excluding hydrogens is 393 g/mol. The molecule has 0 aliphatic carbocycles. The summed E-state index contributed by atoms with van der Waals surface area (Å²) in [5.74, 6) is 0.428. The number of benzene rings is 1. The van der Waals surface area contributed by atoms with Crippen LogP contribution < -0.4 is 10.5 Å². The lowest BCUT2D eigenvalue weighted by atomic mass is 9.92. The fourth-order valence-electron chi connectivity index (χ4n) is 4.18. The molecule has 1 aromatic carbocycles. The van der Waals surface area contributed by atoms with Gasteiger partial charge in [0.1, 0.15) is 11.9 Å². The van der Waals surface area contributed by atoms with Gasteiger partial charge < -0.3 is 10.5 Å². The van der Waals surface area contributed by atoms with Gasteiger partial charge in [0.05, 0.1) is 17.6 Å². The van der Waals surface area contributed by atoms with E-state index >= 15 is 0 Å². The lowest BCUT2D eigenvalue weighted by Crippen LogP contribution is -2.10. The number of rotatable bonds is 1. The number of fused-ring (bicyclic) bond motifs is 7. The van der Waals surface area contributed by atoms with Crippen molar-refractivity contribution in [1.82, 2.24) is 19.7 Å². The summed E-state index contributed by atoms with van der Waals surface area (Å²) < 4.78 is 22.4. The van der Waals surface area contributed by atoms with Crippen molar-refractivity contribution in [3.05, 3.63) is 77.6 Å². The Bertz CT molecular complexity index is 1280. The Morgan fingerprint density at radius 1 is 1.16 bits per heavy atom. The number of anilines is 1. The summed E-state index contributed by atoms with van der Waals surface area (Å²) in [4.78, 5) is 9.02. The van der Waals surface area contributed by atoms with Crippen LogP contribution in [0.2, 0.25) is 0 Å². The largest absolute Gasteiger partial charge is 0.482 e. The Labute approximate surface area is 179 Å². The second-order valence-corrected chi connectivity index (χ2v) is 7.61. The lowest BCUT2D eigenvalue weighted by Gasteiger charge is -2.22. The van der Waals surface area contributed by atoms with Gasteiger partial charge in [-0.25, -0.2) is 9.37 Å². The number of nitrogen functional groups attached to an aromatic ring is 1. The van der Waals surface area contributed by atoms with Crippen molar-refractivity contribution in [2.45, 2.75) is 32.9 Å². The predicted octanol–water partition coefficient (Wildman–Crippen LogP) is 4.79. The fraction of sp³-hybridized carbons (Fsp3) is 0.208. The van der Waals surface area contributed by atoms with Crippen molar-refractivity contribution >= 4 is 5.82 Å². The summed E-state index contributed by atoms with van der Waals surface area (Å²) in [6.45, 7) is 4.64. The molecule has 0 radical (unpaired) electrons. The Kier molecular flexibility index (Phi) is 4.66. The van der Waals surface area contributed by atoms with Gasteiger partial charge >= 0.3 is 0 Å². The van der Waals surface area contributed by atoms with Crippen LogP contribution in [0.5, 0.6) is 5.75 Å². The van der Waals surface area contributed by atoms with Crippen LogP contribution in [0.25, 0.3) is 22.4 Å². The van der Waals surface area contributed by atoms with Gasteiger partial charge in [-0.05, 0) is 43.7 Å². The third-order valence-electron chi connectivity index (χ3n) is 5.66. The number of hydrogen-bond donors (Lipinski definition) is 1. The van der Waals surface area contributed by atoms with Crippen LogP contribution in [-0.4, -0.2) is 19.7 Å². The van der Waals surface area contributed by atoms with E-state index in [0.717, 1.165) is 39.2 Å². The van der Waals surface area contributed by atoms with Gasteiger partial charge in [-0.15, -0.1) is 0 Å². The van der Waals surface area contributed by atoms with E-state index in [-0.39, 0.29) is 11.6 Å². The van der Waals surface area contributed by atoms with Crippen LogP contribution in [-0.2, 0) is 13.0 Å². The molecule has 31 heavy (non-hydrogen) atoms. The number of hydrogen-bond acceptors (Lipinski definition) is 5. The van der Waals surface area contributed by atoms with Crippen LogP contribution in [0, 0.1) is 5.82 Å². The molecule has 0 spiro atoms. The molecular formula is C24H22FN5O. The molecule has 6 nitrogen and oxygen atoms in total. The van der Waals surface area contributed by atoms with Crippen LogP contribution >= 0.6 is 0 Å². The Morgan fingerprint density at radius 3 is 2.87 bits per heavy atom. The van der Waals surface area contributed by atoms with Crippen LogP contribution in [0.4, 0.5) is 10.2 Å². The monoisotopic (exact) mass is 415 g/mol. The van der Waals surface area contributed by atoms with Crippen LogP contribution in [0.15, 0.2) is 55.0 Å². The summed E-state index contributed by atoms with van der Waals surface area (Å²) in [6, 6.07) is 10.5. The molecule has 3 aromatic heterocycles. The van der Waals surface area contributed by atoms with Crippen molar-refractivity contribution < 1.29 is 9.13 Å². The Hall–Kier alpha value is -3.74. The smallest absolute Gasteiger partial charge is 0.166 e. The molecule has 0 saturated heterocycles. The normalized spacial score (nSPS) is 15.0. The van der Waals surface area contributed by atoms with E-state index in [1.807, 2.05) is 42.9 Å². The number of ether oxygens (including phenoxy) is 1. The Morgan fingerprint density at radius 2 is 2.03 bits per heavy atom. The number of nitrogens with zero attached hydrogens (tertiary/aromatic N) is 4. The first kappa shape index (κ1) is 19.2. The van der Waals surface area contributed by atoms with Crippen molar-refractivity contribution in [1.29, 1.82) is 0 Å². The minimum atomic E-state index is -0.451. The summed E-state index contributed by atoms with van der Waals surface area (Å²) in [5, 5.41) is 4.57. The topological polar surface area (TPSA) is 78.9 Å². The van der Waals surface area contributed by atoms with Gasteiger partial charge in [0.25, 0.3) is 0 Å². The molecule has 1 unspecified atom stereocenters. The van der Waals surface area contributed by atoms with Gasteiger partial charge in [-0.2, -0.15) is 5.10 Å². The first-order valence-electron chi connectivity index (χ1n) is 10.3. The molecule has 7 heteroatoms. The summed E-state index contributed by atoms with van der Waals surface area (Å²) in [7, 11) is 0. The first-order chi connectivity index (χ1) is 15.0. The molecule has 2 bridgehead atoms. The number of halogens is 1. The molecule has 2 N–H and O–H groups in total. The molecule has 0 fully saturated rings. The van der Waals surface area contributed by atoms with Gasteiger partial charge in [0.2, 0.25) is 0 Å². The molecule has 1 aliphatic rings. The van der Waals surface area contributed by atoms with E-state index < -0.39 is 6.10 Å². The highest BCUT2D eigenvalue weighted by Gasteiger charge is 2.23. The second kappa shape index (κ2) is 7.50. The van der Waals surface area contributed by atoms with E-state index in [9.17, 15) is 4.39 Å². The van der Waals surface area contributed by atoms with Crippen LogP contribution in [0.1, 0.15) is 36.8 Å². The molecule has 0 saturated carbocycles. The maximum Gasteiger partial charge on any atom is 0.166 e. The highest BCUT2D eigenvalue weighted by Crippen LogP contribution is 2.38. The van der Waals surface area contributed by atoms with E-state index in [1.54, 1.807) is 18.5 Å². The SMILES string of the molecule is CCn1ncc2c1-c1cnc(N)c(c1)OC(C)c1cc(F)ccc1-c1cccnc1C2. The first-order valence-corrected chi connectivity index (χ1v) is 10.3. The Balaban J connectivity index is 1.81. The van der Waals surface area contributed by atoms with Crippen molar-refractivity contribution in [2.24, 2.45) is 0 Å². The summed E-state index contributed by atoms with van der Waals surface area (Å²) in [5.41, 5.74) is 12.4. The zero-order chi connectivity index (χ0) is 21.5. The standard InChI is InChI=1S/C24H22FN5O/c1-3-30-23-15(13-29-30)9-21-19(5-4-8-27-21)18-7-6-17(25)11-20(18)14(2)31-22-10-16(23)12-28-24(22)26/h4-8,10-14H,3,9H2,1-2H3,(H2,26,28). The molecule has 4 aromatic rings.